The minimum Gasteiger partial charge on any atom is -0.496 e. The van der Waals surface area contributed by atoms with Crippen molar-refractivity contribution in [1.29, 1.82) is 0 Å². The molecule has 0 saturated heterocycles. The van der Waals surface area contributed by atoms with Crippen LogP contribution in [0.15, 0.2) is 84.9 Å². The van der Waals surface area contributed by atoms with Crippen LogP contribution >= 0.6 is 18.5 Å². The van der Waals surface area contributed by atoms with Crippen LogP contribution in [0.5, 0.6) is 11.5 Å². The first-order chi connectivity index (χ1) is 14.6. The zero-order valence-electron chi connectivity index (χ0n) is 16.9. The Morgan fingerprint density at radius 2 is 1.17 bits per heavy atom. The van der Waals surface area contributed by atoms with Gasteiger partial charge in [0.15, 0.2) is 0 Å². The van der Waals surface area contributed by atoms with Crippen LogP contribution in [-0.2, 0) is 0 Å². The van der Waals surface area contributed by atoms with Gasteiger partial charge in [0.25, 0.3) is 0 Å². The summed E-state index contributed by atoms with van der Waals surface area (Å²) in [5.74, 6) is 1.54. The Bertz CT molecular complexity index is 1170. The van der Waals surface area contributed by atoms with Gasteiger partial charge in [-0.1, -0.05) is 85.2 Å². The molecule has 0 aliphatic rings. The van der Waals surface area contributed by atoms with Crippen molar-refractivity contribution in [3.63, 3.8) is 0 Å². The largest absolute Gasteiger partial charge is 0.496 e. The number of benzene rings is 4. The Morgan fingerprint density at radius 3 is 1.77 bits per heavy atom. The van der Waals surface area contributed by atoms with E-state index in [0.717, 1.165) is 55.5 Å². The van der Waals surface area contributed by atoms with Gasteiger partial charge in [0, 0.05) is 11.1 Å². The molecule has 148 valence electrons. The van der Waals surface area contributed by atoms with Gasteiger partial charge in [0.05, 0.1) is 14.2 Å². The third-order valence-electron chi connectivity index (χ3n) is 5.15. The second-order valence-electron chi connectivity index (χ2n) is 6.90. The van der Waals surface area contributed by atoms with Gasteiger partial charge in [-0.2, -0.15) is 0 Å². The van der Waals surface area contributed by atoms with Gasteiger partial charge >= 0.3 is 0 Å². The zero-order chi connectivity index (χ0) is 21.1. The van der Waals surface area contributed by atoms with Crippen LogP contribution < -0.4 is 20.1 Å². The normalized spacial score (nSPS) is 10.7. The van der Waals surface area contributed by atoms with E-state index in [1.54, 1.807) is 14.2 Å². The minimum atomic E-state index is 0.768. The second-order valence-corrected chi connectivity index (χ2v) is 7.94. The van der Waals surface area contributed by atoms with Crippen molar-refractivity contribution in [2.45, 2.75) is 0 Å². The molecular formula is C26H22O2P2. The van der Waals surface area contributed by atoms with Gasteiger partial charge in [0.1, 0.15) is 11.5 Å². The molecule has 0 spiro atoms. The first kappa shape index (κ1) is 20.6. The summed E-state index contributed by atoms with van der Waals surface area (Å²) in [6, 6.07) is 28.8. The monoisotopic (exact) mass is 428 g/mol. The van der Waals surface area contributed by atoms with E-state index >= 15 is 0 Å². The van der Waals surface area contributed by atoms with Gasteiger partial charge < -0.3 is 9.47 Å². The summed E-state index contributed by atoms with van der Waals surface area (Å²) in [5, 5.41) is 1.88. The molecule has 4 rings (SSSR count). The fourth-order valence-corrected chi connectivity index (χ4v) is 4.57. The molecule has 30 heavy (non-hydrogen) atoms. The average molecular weight is 428 g/mol. The van der Waals surface area contributed by atoms with Crippen molar-refractivity contribution in [3.05, 3.63) is 84.9 Å². The zero-order valence-corrected chi connectivity index (χ0v) is 18.9. The lowest BCUT2D eigenvalue weighted by Gasteiger charge is -2.20. The van der Waals surface area contributed by atoms with Crippen LogP contribution in [0, 0.1) is 0 Å². The summed E-state index contributed by atoms with van der Waals surface area (Å²) >= 11 is 0. The lowest BCUT2D eigenvalue weighted by Crippen LogP contribution is -2.11. The van der Waals surface area contributed by atoms with Gasteiger partial charge in [-0.15, -0.1) is 0 Å². The molecule has 0 heterocycles. The SMILES string of the molecule is COc1cc(-c2ccccc2)cc([PH])c1-c1c(OC)ccc(-c2ccccc2)c1[PH]. The van der Waals surface area contributed by atoms with Crippen molar-refractivity contribution in [2.24, 2.45) is 0 Å². The van der Waals surface area contributed by atoms with Crippen molar-refractivity contribution < 1.29 is 9.47 Å². The van der Waals surface area contributed by atoms with Gasteiger partial charge in [-0.3, -0.25) is 0 Å². The molecule has 4 aromatic carbocycles. The summed E-state index contributed by atoms with van der Waals surface area (Å²) in [4.78, 5) is 0. The van der Waals surface area contributed by atoms with Crippen molar-refractivity contribution in [1.82, 2.24) is 0 Å². The van der Waals surface area contributed by atoms with Gasteiger partial charge in [-0.05, 0) is 51.1 Å². The van der Waals surface area contributed by atoms with Crippen LogP contribution in [0.4, 0.5) is 0 Å². The average Bonchev–Trinajstić information content (AvgIpc) is 2.80. The van der Waals surface area contributed by atoms with Crippen LogP contribution in [-0.4, -0.2) is 14.2 Å². The molecule has 0 aliphatic heterocycles. The van der Waals surface area contributed by atoms with E-state index < -0.39 is 0 Å². The van der Waals surface area contributed by atoms with Crippen molar-refractivity contribution in [3.8, 4) is 44.9 Å². The maximum absolute atomic E-state index is 5.83. The van der Waals surface area contributed by atoms with Gasteiger partial charge in [0.2, 0.25) is 0 Å². The first-order valence-electron chi connectivity index (χ1n) is 9.61. The number of hydrogen-bond acceptors (Lipinski definition) is 2. The minimum absolute atomic E-state index is 0.768. The number of ether oxygens (including phenoxy) is 2. The van der Waals surface area contributed by atoms with E-state index in [2.05, 4.69) is 60.9 Å². The Balaban J connectivity index is 1.96. The van der Waals surface area contributed by atoms with Crippen molar-refractivity contribution >= 4 is 29.1 Å². The summed E-state index contributed by atoms with van der Waals surface area (Å²) in [5.41, 5.74) is 6.30. The fraction of sp³-hybridized carbons (Fsp3) is 0.0769. The van der Waals surface area contributed by atoms with Crippen LogP contribution in [0.25, 0.3) is 33.4 Å². The van der Waals surface area contributed by atoms with E-state index in [4.69, 9.17) is 9.47 Å². The maximum Gasteiger partial charge on any atom is 0.128 e. The first-order valence-corrected chi connectivity index (χ1v) is 10.6. The lowest BCUT2D eigenvalue weighted by molar-refractivity contribution is 0.411. The van der Waals surface area contributed by atoms with Crippen LogP contribution in [0.3, 0.4) is 0 Å². The quantitative estimate of drug-likeness (QED) is 0.350. The fourth-order valence-electron chi connectivity index (χ4n) is 3.69. The highest BCUT2D eigenvalue weighted by atomic mass is 31.0. The predicted molar refractivity (Wildman–Crippen MR) is 132 cm³/mol. The third-order valence-corrected chi connectivity index (χ3v) is 6.06. The highest BCUT2D eigenvalue weighted by molar-refractivity contribution is 7.29. The number of hydrogen-bond donors (Lipinski definition) is 0. The molecule has 2 radical (unpaired) electrons. The molecular weight excluding hydrogens is 406 g/mol. The Hall–Kier alpha value is -2.66. The summed E-state index contributed by atoms with van der Waals surface area (Å²) < 4.78 is 11.6. The molecule has 4 aromatic rings. The third kappa shape index (κ3) is 3.86. The highest BCUT2D eigenvalue weighted by Gasteiger charge is 2.21. The van der Waals surface area contributed by atoms with Crippen LogP contribution in [0.1, 0.15) is 0 Å². The molecule has 0 aromatic heterocycles. The molecule has 2 nitrogen and oxygen atoms in total. The number of methoxy groups -OCH3 is 2. The molecule has 0 bridgehead atoms. The van der Waals surface area contributed by atoms with E-state index in [1.807, 2.05) is 42.5 Å². The molecule has 0 saturated carbocycles. The second kappa shape index (κ2) is 9.00. The smallest absolute Gasteiger partial charge is 0.128 e. The molecule has 0 atom stereocenters. The number of rotatable bonds is 5. The van der Waals surface area contributed by atoms with E-state index in [0.29, 0.717) is 0 Å². The topological polar surface area (TPSA) is 18.5 Å². The Labute approximate surface area is 182 Å². The summed E-state index contributed by atoms with van der Waals surface area (Å²) in [6.45, 7) is 0. The molecule has 0 N–H and O–H groups in total. The molecule has 0 amide bonds. The Kier molecular flexibility index (Phi) is 6.18. The molecule has 4 heteroatoms. The van der Waals surface area contributed by atoms with E-state index in [-0.39, 0.29) is 0 Å². The molecule has 0 aliphatic carbocycles. The maximum atomic E-state index is 5.83. The van der Waals surface area contributed by atoms with E-state index in [1.165, 1.54) is 0 Å². The lowest BCUT2D eigenvalue weighted by atomic mass is 9.95. The molecule has 0 unspecified atom stereocenters. The van der Waals surface area contributed by atoms with Gasteiger partial charge in [-0.25, -0.2) is 0 Å². The standard InChI is InChI=1S/C26H22O2P2/c1-27-21-14-13-20(18-11-7-4-8-12-18)26(30)25(21)24-22(28-2)15-19(16-23(24)29)17-9-5-3-6-10-17/h3-16,29-30H,1-2H3. The van der Waals surface area contributed by atoms with Crippen LogP contribution in [0.2, 0.25) is 0 Å². The summed E-state index contributed by atoms with van der Waals surface area (Å²) in [6.07, 6.45) is 0. The predicted octanol–water partition coefficient (Wildman–Crippen LogP) is 6.24. The molecule has 0 fully saturated rings. The Morgan fingerprint density at radius 1 is 0.567 bits per heavy atom. The van der Waals surface area contributed by atoms with Crippen molar-refractivity contribution in [2.75, 3.05) is 14.2 Å². The highest BCUT2D eigenvalue weighted by Crippen LogP contribution is 2.40. The summed E-state index contributed by atoms with van der Waals surface area (Å²) in [7, 11) is 11.1. The van der Waals surface area contributed by atoms with E-state index in [9.17, 15) is 0 Å².